The second kappa shape index (κ2) is 7.35. The summed E-state index contributed by atoms with van der Waals surface area (Å²) in [6.07, 6.45) is 8.74. The van der Waals surface area contributed by atoms with Crippen molar-refractivity contribution >= 4 is 11.8 Å². The van der Waals surface area contributed by atoms with Crippen LogP contribution in [0.2, 0.25) is 0 Å². The van der Waals surface area contributed by atoms with Crippen molar-refractivity contribution in [3.8, 4) is 0 Å². The van der Waals surface area contributed by atoms with Crippen molar-refractivity contribution in [1.82, 2.24) is 14.8 Å². The first-order valence-corrected chi connectivity index (χ1v) is 9.74. The average molecular weight is 357 g/mol. The van der Waals surface area contributed by atoms with Crippen LogP contribution in [0.4, 0.5) is 0 Å². The molecule has 3 aliphatic heterocycles. The first-order valence-electron chi connectivity index (χ1n) is 9.74. The van der Waals surface area contributed by atoms with Gasteiger partial charge in [-0.2, -0.15) is 0 Å². The van der Waals surface area contributed by atoms with Gasteiger partial charge in [-0.1, -0.05) is 0 Å². The minimum absolute atomic E-state index is 0.0298. The Morgan fingerprint density at radius 3 is 2.85 bits per heavy atom. The van der Waals surface area contributed by atoms with Gasteiger partial charge in [0, 0.05) is 50.6 Å². The Labute approximate surface area is 154 Å². The molecule has 3 saturated heterocycles. The van der Waals surface area contributed by atoms with E-state index < -0.39 is 0 Å². The summed E-state index contributed by atoms with van der Waals surface area (Å²) in [5, 5.41) is 0. The smallest absolute Gasteiger partial charge is 0.228 e. The molecule has 140 valence electrons. The normalized spacial score (nSPS) is 29.4. The molecule has 0 N–H and O–H groups in total. The van der Waals surface area contributed by atoms with Crippen LogP contribution in [-0.4, -0.2) is 58.4 Å². The minimum Gasteiger partial charge on any atom is -0.381 e. The zero-order valence-electron chi connectivity index (χ0n) is 15.2. The summed E-state index contributed by atoms with van der Waals surface area (Å²) in [5.41, 5.74) is 1.02. The number of ether oxygens (including phenoxy) is 1. The van der Waals surface area contributed by atoms with Gasteiger partial charge in [0.15, 0.2) is 0 Å². The molecular weight excluding hydrogens is 330 g/mol. The molecule has 1 spiro atoms. The van der Waals surface area contributed by atoms with Gasteiger partial charge < -0.3 is 14.5 Å². The molecule has 1 aromatic rings. The number of carbonyl (C=O) groups is 2. The largest absolute Gasteiger partial charge is 0.381 e. The minimum atomic E-state index is -0.0957. The molecule has 0 unspecified atom stereocenters. The number of likely N-dealkylation sites (tertiary alicyclic amines) is 2. The number of rotatable bonds is 3. The van der Waals surface area contributed by atoms with E-state index in [9.17, 15) is 9.59 Å². The van der Waals surface area contributed by atoms with Crippen molar-refractivity contribution in [2.45, 2.75) is 50.6 Å². The third kappa shape index (κ3) is 3.34. The van der Waals surface area contributed by atoms with E-state index in [2.05, 4.69) is 9.88 Å². The predicted octanol–water partition coefficient (Wildman–Crippen LogP) is 1.99. The lowest BCUT2D eigenvalue weighted by molar-refractivity contribution is -0.135. The molecule has 0 radical (unpaired) electrons. The molecule has 6 nitrogen and oxygen atoms in total. The number of pyridine rings is 1. The van der Waals surface area contributed by atoms with Crippen LogP contribution in [0.25, 0.3) is 0 Å². The monoisotopic (exact) mass is 357 g/mol. The van der Waals surface area contributed by atoms with E-state index in [0.717, 1.165) is 50.8 Å². The van der Waals surface area contributed by atoms with Gasteiger partial charge in [-0.05, 0) is 49.8 Å². The molecule has 1 aromatic heterocycles. The highest BCUT2D eigenvalue weighted by molar-refractivity contribution is 5.80. The molecule has 4 heterocycles. The van der Waals surface area contributed by atoms with Crippen LogP contribution in [0.5, 0.6) is 0 Å². The average Bonchev–Trinajstić information content (AvgIpc) is 3.23. The number of amides is 2. The Bertz CT molecular complexity index is 660. The predicted molar refractivity (Wildman–Crippen MR) is 96.1 cm³/mol. The van der Waals surface area contributed by atoms with E-state index in [1.807, 2.05) is 17.0 Å². The van der Waals surface area contributed by atoms with E-state index in [1.165, 1.54) is 0 Å². The van der Waals surface area contributed by atoms with Gasteiger partial charge in [0.1, 0.15) is 0 Å². The molecule has 2 amide bonds. The molecule has 3 aliphatic rings. The summed E-state index contributed by atoms with van der Waals surface area (Å²) in [4.78, 5) is 33.5. The van der Waals surface area contributed by atoms with E-state index in [4.69, 9.17) is 4.74 Å². The fraction of sp³-hybridized carbons (Fsp3) is 0.650. The number of nitrogens with zero attached hydrogens (tertiary/aromatic N) is 3. The molecule has 4 rings (SSSR count). The summed E-state index contributed by atoms with van der Waals surface area (Å²) >= 11 is 0. The second-order valence-electron chi connectivity index (χ2n) is 7.80. The molecular formula is C20H27N3O3. The highest BCUT2D eigenvalue weighted by atomic mass is 16.5. The van der Waals surface area contributed by atoms with Crippen molar-refractivity contribution in [3.05, 3.63) is 30.1 Å². The van der Waals surface area contributed by atoms with Crippen LogP contribution in [0.3, 0.4) is 0 Å². The quantitative estimate of drug-likeness (QED) is 0.830. The van der Waals surface area contributed by atoms with Crippen LogP contribution in [0, 0.1) is 5.92 Å². The summed E-state index contributed by atoms with van der Waals surface area (Å²) in [5.74, 6) is 0.512. The maximum Gasteiger partial charge on any atom is 0.228 e. The van der Waals surface area contributed by atoms with E-state index in [-0.39, 0.29) is 23.3 Å². The third-order valence-electron chi connectivity index (χ3n) is 6.28. The number of hydrogen-bond acceptors (Lipinski definition) is 4. The van der Waals surface area contributed by atoms with Crippen LogP contribution in [0.1, 0.15) is 44.1 Å². The molecule has 0 bridgehead atoms. The number of hydrogen-bond donors (Lipinski definition) is 0. The van der Waals surface area contributed by atoms with E-state index in [1.54, 1.807) is 12.4 Å². The Balaban J connectivity index is 1.46. The highest BCUT2D eigenvalue weighted by Crippen LogP contribution is 2.40. The standard InChI is InChI=1S/C20H27N3O3/c24-18-2-7-20(23(18)14-16-3-9-21-10-4-16)6-1-11-22(12-8-20)19(25)17-5-13-26-15-17/h3-4,9-10,17H,1-2,5-8,11-15H2/t17-,20-/m1/s1. The molecule has 0 aliphatic carbocycles. The first-order chi connectivity index (χ1) is 12.7. The van der Waals surface area contributed by atoms with Crippen LogP contribution in [0.15, 0.2) is 24.5 Å². The molecule has 3 fully saturated rings. The lowest BCUT2D eigenvalue weighted by Crippen LogP contribution is -2.46. The molecule has 6 heteroatoms. The molecule has 0 aromatic carbocycles. The lowest BCUT2D eigenvalue weighted by atomic mass is 9.87. The zero-order valence-corrected chi connectivity index (χ0v) is 15.2. The van der Waals surface area contributed by atoms with Gasteiger partial charge in [0.2, 0.25) is 11.8 Å². The Morgan fingerprint density at radius 2 is 2.08 bits per heavy atom. The van der Waals surface area contributed by atoms with E-state index in [0.29, 0.717) is 26.2 Å². The SMILES string of the molecule is O=C([C@@H]1CCOC1)N1CCC[C@@]2(CCC(=O)N2Cc2ccncc2)CC1. The molecule has 26 heavy (non-hydrogen) atoms. The van der Waals surface area contributed by atoms with Gasteiger partial charge in [0.05, 0.1) is 12.5 Å². The Morgan fingerprint density at radius 1 is 1.23 bits per heavy atom. The number of carbonyl (C=O) groups excluding carboxylic acids is 2. The summed E-state index contributed by atoms with van der Waals surface area (Å²) in [6, 6.07) is 3.96. The fourth-order valence-electron chi connectivity index (χ4n) is 4.71. The van der Waals surface area contributed by atoms with Gasteiger partial charge in [-0.25, -0.2) is 0 Å². The van der Waals surface area contributed by atoms with Crippen molar-refractivity contribution in [3.63, 3.8) is 0 Å². The lowest BCUT2D eigenvalue weighted by Gasteiger charge is -2.38. The van der Waals surface area contributed by atoms with E-state index >= 15 is 0 Å². The fourth-order valence-corrected chi connectivity index (χ4v) is 4.71. The van der Waals surface area contributed by atoms with Crippen LogP contribution < -0.4 is 0 Å². The van der Waals surface area contributed by atoms with Crippen molar-refractivity contribution in [2.24, 2.45) is 5.92 Å². The van der Waals surface area contributed by atoms with Crippen molar-refractivity contribution in [2.75, 3.05) is 26.3 Å². The highest BCUT2D eigenvalue weighted by Gasteiger charge is 2.46. The summed E-state index contributed by atoms with van der Waals surface area (Å²) < 4.78 is 5.39. The summed E-state index contributed by atoms with van der Waals surface area (Å²) in [6.45, 7) is 3.45. The maximum absolute atomic E-state index is 12.8. The Kier molecular flexibility index (Phi) is 4.94. The Hall–Kier alpha value is -1.95. The van der Waals surface area contributed by atoms with Gasteiger partial charge >= 0.3 is 0 Å². The molecule has 2 atom stereocenters. The summed E-state index contributed by atoms with van der Waals surface area (Å²) in [7, 11) is 0. The van der Waals surface area contributed by atoms with Crippen LogP contribution in [-0.2, 0) is 20.9 Å². The maximum atomic E-state index is 12.8. The van der Waals surface area contributed by atoms with Crippen molar-refractivity contribution in [1.29, 1.82) is 0 Å². The first kappa shape index (κ1) is 17.5. The van der Waals surface area contributed by atoms with Gasteiger partial charge in [0.25, 0.3) is 0 Å². The third-order valence-corrected chi connectivity index (χ3v) is 6.28. The van der Waals surface area contributed by atoms with Crippen LogP contribution >= 0.6 is 0 Å². The van der Waals surface area contributed by atoms with Gasteiger partial charge in [-0.15, -0.1) is 0 Å². The molecule has 0 saturated carbocycles. The zero-order chi connectivity index (χ0) is 18.0. The number of aromatic nitrogens is 1. The van der Waals surface area contributed by atoms with Crippen molar-refractivity contribution < 1.29 is 14.3 Å². The topological polar surface area (TPSA) is 62.7 Å². The second-order valence-corrected chi connectivity index (χ2v) is 7.80. The van der Waals surface area contributed by atoms with Gasteiger partial charge in [-0.3, -0.25) is 14.6 Å².